The van der Waals surface area contributed by atoms with Gasteiger partial charge in [-0.15, -0.1) is 0 Å². The van der Waals surface area contributed by atoms with E-state index in [0.717, 1.165) is 24.2 Å². The van der Waals surface area contributed by atoms with Gasteiger partial charge in [0.25, 0.3) is 0 Å². The van der Waals surface area contributed by atoms with Gasteiger partial charge in [-0.2, -0.15) is 4.98 Å². The third-order valence-electron chi connectivity index (χ3n) is 4.13. The molecule has 1 aromatic heterocycles. The van der Waals surface area contributed by atoms with E-state index in [1.807, 2.05) is 24.3 Å². The molecule has 0 fully saturated rings. The number of nitrogens with zero attached hydrogens (tertiary/aromatic N) is 3. The molecule has 0 amide bonds. The van der Waals surface area contributed by atoms with E-state index in [9.17, 15) is 0 Å². The Morgan fingerprint density at radius 3 is 2.35 bits per heavy atom. The molecule has 0 saturated carbocycles. The molecule has 4 rings (SSSR count). The average molecular weight is 307 g/mol. The molecule has 1 N–H and O–H groups in total. The van der Waals surface area contributed by atoms with Crippen LogP contribution in [0.1, 0.15) is 22.6 Å². The van der Waals surface area contributed by atoms with Crippen molar-refractivity contribution in [2.24, 2.45) is 0 Å². The Hall–Kier alpha value is -2.50. The molecule has 5 nitrogen and oxygen atoms in total. The quantitative estimate of drug-likeness (QED) is 0.803. The fourth-order valence-electron chi connectivity index (χ4n) is 2.90. The van der Waals surface area contributed by atoms with Crippen molar-refractivity contribution in [2.45, 2.75) is 26.2 Å². The lowest BCUT2D eigenvalue weighted by Crippen LogP contribution is -2.15. The van der Waals surface area contributed by atoms with Crippen LogP contribution in [0.15, 0.2) is 53.1 Å². The molecule has 0 radical (unpaired) electrons. The van der Waals surface area contributed by atoms with Gasteiger partial charge in [0.2, 0.25) is 11.7 Å². The van der Waals surface area contributed by atoms with E-state index in [2.05, 4.69) is 39.3 Å². The summed E-state index contributed by atoms with van der Waals surface area (Å²) in [6, 6.07) is 16.0. The Morgan fingerprint density at radius 1 is 1.00 bits per heavy atom. The van der Waals surface area contributed by atoms with Crippen molar-refractivity contribution in [1.29, 1.82) is 0 Å². The van der Waals surface area contributed by atoms with Crippen LogP contribution in [-0.4, -0.2) is 20.1 Å². The van der Waals surface area contributed by atoms with Crippen molar-refractivity contribution in [3.8, 4) is 11.4 Å². The predicted octanol–water partition coefficient (Wildman–Crippen LogP) is 2.74. The standard InChI is InChI=1S/C18H17N3O2/c22-12-13-5-7-14(8-6-13)18-19-17(23-20-18)11-21-9-15-3-1-2-4-16(15)10-21/h1-8,22H,9-12H2. The van der Waals surface area contributed by atoms with E-state index in [4.69, 9.17) is 9.63 Å². The molecule has 3 aromatic rings. The summed E-state index contributed by atoms with van der Waals surface area (Å²) in [5.41, 5.74) is 4.49. The molecule has 2 heterocycles. The van der Waals surface area contributed by atoms with Gasteiger partial charge in [0.05, 0.1) is 13.2 Å². The minimum absolute atomic E-state index is 0.0350. The van der Waals surface area contributed by atoms with Crippen molar-refractivity contribution in [3.05, 3.63) is 71.1 Å². The molecule has 23 heavy (non-hydrogen) atoms. The maximum absolute atomic E-state index is 9.08. The van der Waals surface area contributed by atoms with Crippen LogP contribution >= 0.6 is 0 Å². The van der Waals surface area contributed by atoms with E-state index in [-0.39, 0.29) is 6.61 Å². The molecule has 0 spiro atoms. The molecule has 0 saturated heterocycles. The first-order valence-corrected chi connectivity index (χ1v) is 7.64. The van der Waals surface area contributed by atoms with Crippen LogP contribution in [0.3, 0.4) is 0 Å². The second-order valence-corrected chi connectivity index (χ2v) is 5.78. The van der Waals surface area contributed by atoms with Crippen molar-refractivity contribution in [2.75, 3.05) is 0 Å². The molecule has 2 aromatic carbocycles. The molecule has 1 aliphatic heterocycles. The third kappa shape index (κ3) is 2.88. The van der Waals surface area contributed by atoms with E-state index in [1.165, 1.54) is 11.1 Å². The maximum Gasteiger partial charge on any atom is 0.241 e. The van der Waals surface area contributed by atoms with E-state index in [0.29, 0.717) is 18.3 Å². The number of aliphatic hydroxyl groups excluding tert-OH is 1. The van der Waals surface area contributed by atoms with Gasteiger partial charge in [0.1, 0.15) is 0 Å². The van der Waals surface area contributed by atoms with Gasteiger partial charge in [0, 0.05) is 18.7 Å². The average Bonchev–Trinajstić information content (AvgIpc) is 3.21. The number of hydrogen-bond acceptors (Lipinski definition) is 5. The Labute approximate surface area is 134 Å². The van der Waals surface area contributed by atoms with Crippen LogP contribution in [0.4, 0.5) is 0 Å². The first kappa shape index (κ1) is 14.1. The topological polar surface area (TPSA) is 62.4 Å². The van der Waals surface area contributed by atoms with Crippen molar-refractivity contribution >= 4 is 0 Å². The van der Waals surface area contributed by atoms with Crippen LogP contribution in [0.25, 0.3) is 11.4 Å². The molecule has 0 unspecified atom stereocenters. The maximum atomic E-state index is 9.08. The first-order valence-electron chi connectivity index (χ1n) is 7.64. The largest absolute Gasteiger partial charge is 0.392 e. The molecule has 0 aliphatic carbocycles. The lowest BCUT2D eigenvalue weighted by molar-refractivity contribution is 0.231. The summed E-state index contributed by atoms with van der Waals surface area (Å²) >= 11 is 0. The Kier molecular flexibility index (Phi) is 3.65. The number of hydrogen-bond donors (Lipinski definition) is 1. The summed E-state index contributed by atoms with van der Waals surface area (Å²) in [5, 5.41) is 13.1. The Bertz CT molecular complexity index is 786. The zero-order valence-corrected chi connectivity index (χ0v) is 12.6. The zero-order valence-electron chi connectivity index (χ0n) is 12.6. The van der Waals surface area contributed by atoms with Gasteiger partial charge in [-0.05, 0) is 16.7 Å². The fourth-order valence-corrected chi connectivity index (χ4v) is 2.90. The molecular formula is C18H17N3O2. The Balaban J connectivity index is 1.46. The fraction of sp³-hybridized carbons (Fsp3) is 0.222. The van der Waals surface area contributed by atoms with Crippen molar-refractivity contribution in [3.63, 3.8) is 0 Å². The van der Waals surface area contributed by atoms with Crippen LogP contribution in [0, 0.1) is 0 Å². The summed E-state index contributed by atoms with van der Waals surface area (Å²) < 4.78 is 5.38. The molecular weight excluding hydrogens is 290 g/mol. The monoisotopic (exact) mass is 307 g/mol. The van der Waals surface area contributed by atoms with Crippen molar-refractivity contribution < 1.29 is 9.63 Å². The number of benzene rings is 2. The number of rotatable bonds is 4. The smallest absolute Gasteiger partial charge is 0.241 e. The number of aromatic nitrogens is 2. The summed E-state index contributed by atoms with van der Waals surface area (Å²) in [4.78, 5) is 6.77. The summed E-state index contributed by atoms with van der Waals surface area (Å²) in [7, 11) is 0. The van der Waals surface area contributed by atoms with Crippen LogP contribution in [0.5, 0.6) is 0 Å². The van der Waals surface area contributed by atoms with Gasteiger partial charge < -0.3 is 9.63 Å². The van der Waals surface area contributed by atoms with Crippen LogP contribution in [0.2, 0.25) is 0 Å². The van der Waals surface area contributed by atoms with Crippen LogP contribution in [-0.2, 0) is 26.2 Å². The Morgan fingerprint density at radius 2 is 1.70 bits per heavy atom. The highest BCUT2D eigenvalue weighted by Crippen LogP contribution is 2.24. The minimum Gasteiger partial charge on any atom is -0.392 e. The van der Waals surface area contributed by atoms with Gasteiger partial charge in [-0.1, -0.05) is 53.7 Å². The summed E-state index contributed by atoms with van der Waals surface area (Å²) in [6.45, 7) is 2.52. The van der Waals surface area contributed by atoms with Crippen molar-refractivity contribution in [1.82, 2.24) is 15.0 Å². The number of aliphatic hydroxyl groups is 1. The lowest BCUT2D eigenvalue weighted by atomic mass is 10.1. The third-order valence-corrected chi connectivity index (χ3v) is 4.13. The number of fused-ring (bicyclic) bond motifs is 1. The summed E-state index contributed by atoms with van der Waals surface area (Å²) in [6.07, 6.45) is 0. The molecule has 1 aliphatic rings. The van der Waals surface area contributed by atoms with Gasteiger partial charge in [-0.25, -0.2) is 0 Å². The van der Waals surface area contributed by atoms with Crippen LogP contribution < -0.4 is 0 Å². The zero-order chi connectivity index (χ0) is 15.6. The lowest BCUT2D eigenvalue weighted by Gasteiger charge is -2.10. The molecule has 0 atom stereocenters. The highest BCUT2D eigenvalue weighted by Gasteiger charge is 2.20. The molecule has 116 valence electrons. The second kappa shape index (κ2) is 5.95. The second-order valence-electron chi connectivity index (χ2n) is 5.78. The summed E-state index contributed by atoms with van der Waals surface area (Å²) in [5.74, 6) is 1.21. The van der Waals surface area contributed by atoms with E-state index >= 15 is 0 Å². The molecule has 5 heteroatoms. The SMILES string of the molecule is OCc1ccc(-c2noc(CN3Cc4ccccc4C3)n2)cc1. The van der Waals surface area contributed by atoms with E-state index in [1.54, 1.807) is 0 Å². The first-order chi connectivity index (χ1) is 11.3. The van der Waals surface area contributed by atoms with Gasteiger partial charge in [0.15, 0.2) is 0 Å². The highest BCUT2D eigenvalue weighted by atomic mass is 16.5. The van der Waals surface area contributed by atoms with Gasteiger partial charge >= 0.3 is 0 Å². The van der Waals surface area contributed by atoms with Gasteiger partial charge in [-0.3, -0.25) is 4.90 Å². The molecule has 0 bridgehead atoms. The minimum atomic E-state index is 0.0350. The predicted molar refractivity (Wildman–Crippen MR) is 85.0 cm³/mol. The van der Waals surface area contributed by atoms with E-state index < -0.39 is 0 Å². The normalized spacial score (nSPS) is 14.1. The highest BCUT2D eigenvalue weighted by molar-refractivity contribution is 5.54.